The van der Waals surface area contributed by atoms with E-state index in [9.17, 15) is 9.59 Å². The fourth-order valence-corrected chi connectivity index (χ4v) is 3.47. The molecule has 0 fully saturated rings. The van der Waals surface area contributed by atoms with E-state index in [2.05, 4.69) is 16.3 Å². The summed E-state index contributed by atoms with van der Waals surface area (Å²) in [5.74, 6) is 0.689. The zero-order valence-electron chi connectivity index (χ0n) is 17.8. The van der Waals surface area contributed by atoms with Gasteiger partial charge in [0.15, 0.2) is 11.5 Å². The first-order valence-electron chi connectivity index (χ1n) is 10.3. The Hall–Kier alpha value is -3.22. The van der Waals surface area contributed by atoms with Crippen molar-refractivity contribution in [3.05, 3.63) is 53.6 Å². The molecule has 0 radical (unpaired) electrons. The number of benzene rings is 2. The smallest absolute Gasteiger partial charge is 0.251 e. The number of ether oxygens (including phenoxy) is 2. The number of nitrogens with one attached hydrogen (secondary N) is 1. The maximum absolute atomic E-state index is 12.8. The van der Waals surface area contributed by atoms with Crippen molar-refractivity contribution in [1.29, 1.82) is 0 Å². The normalized spacial score (nSPS) is 13.3. The van der Waals surface area contributed by atoms with Crippen molar-refractivity contribution < 1.29 is 19.1 Å². The number of anilines is 1. The molecular weight excluding hydrogens is 382 g/mol. The third kappa shape index (κ3) is 5.03. The van der Waals surface area contributed by atoms with Crippen LogP contribution in [0.4, 0.5) is 5.69 Å². The summed E-state index contributed by atoms with van der Waals surface area (Å²) in [4.78, 5) is 29.3. The summed E-state index contributed by atoms with van der Waals surface area (Å²) in [6, 6.07) is 13.1. The largest absolute Gasteiger partial charge is 0.490 e. The predicted molar refractivity (Wildman–Crippen MR) is 116 cm³/mol. The summed E-state index contributed by atoms with van der Waals surface area (Å²) in [6.45, 7) is 6.57. The van der Waals surface area contributed by atoms with E-state index >= 15 is 0 Å². The Morgan fingerprint density at radius 1 is 1.00 bits per heavy atom. The molecule has 0 unspecified atom stereocenters. The van der Waals surface area contributed by atoms with E-state index in [-0.39, 0.29) is 18.4 Å². The highest BCUT2D eigenvalue weighted by atomic mass is 16.5. The summed E-state index contributed by atoms with van der Waals surface area (Å²) in [5.41, 5.74) is 2.66. The number of para-hydroxylation sites is 1. The van der Waals surface area contributed by atoms with Gasteiger partial charge in [0.2, 0.25) is 5.91 Å². The lowest BCUT2D eigenvalue weighted by Gasteiger charge is -2.21. The standard InChI is InChI=1S/C23H29N3O4/c1-4-29-20-11-10-17(14-21(20)30-5-2)23(28)24-15-22(27)26-13-12-25(3)19-9-7-6-8-18(19)16-26/h6-11,14H,4-5,12-13,15-16H2,1-3H3,(H,24,28). The van der Waals surface area contributed by atoms with Crippen LogP contribution < -0.4 is 19.7 Å². The molecule has 7 nitrogen and oxygen atoms in total. The molecule has 1 N–H and O–H groups in total. The van der Waals surface area contributed by atoms with Gasteiger partial charge in [-0.1, -0.05) is 18.2 Å². The second-order valence-electron chi connectivity index (χ2n) is 7.08. The average Bonchev–Trinajstić information content (AvgIpc) is 2.92. The van der Waals surface area contributed by atoms with Crippen molar-refractivity contribution in [3.8, 4) is 11.5 Å². The minimum atomic E-state index is -0.320. The van der Waals surface area contributed by atoms with Crippen molar-refractivity contribution in [2.45, 2.75) is 20.4 Å². The van der Waals surface area contributed by atoms with Crippen LogP contribution in [0.2, 0.25) is 0 Å². The second kappa shape index (κ2) is 10.0. The van der Waals surface area contributed by atoms with Gasteiger partial charge in [0, 0.05) is 37.9 Å². The zero-order chi connectivity index (χ0) is 21.5. The first-order valence-corrected chi connectivity index (χ1v) is 10.3. The van der Waals surface area contributed by atoms with Crippen molar-refractivity contribution in [2.24, 2.45) is 0 Å². The molecule has 0 saturated heterocycles. The highest BCUT2D eigenvalue weighted by molar-refractivity contribution is 5.97. The van der Waals surface area contributed by atoms with Gasteiger partial charge in [-0.2, -0.15) is 0 Å². The molecule has 0 aliphatic carbocycles. The minimum absolute atomic E-state index is 0.0537. The van der Waals surface area contributed by atoms with Crippen LogP contribution in [0.15, 0.2) is 42.5 Å². The monoisotopic (exact) mass is 411 g/mol. The molecule has 0 atom stereocenters. The van der Waals surface area contributed by atoms with E-state index in [1.165, 1.54) is 0 Å². The Labute approximate surface area is 177 Å². The van der Waals surface area contributed by atoms with Gasteiger partial charge >= 0.3 is 0 Å². The van der Waals surface area contributed by atoms with Crippen LogP contribution in [0.1, 0.15) is 29.8 Å². The van der Waals surface area contributed by atoms with Crippen LogP contribution in [-0.2, 0) is 11.3 Å². The van der Waals surface area contributed by atoms with Gasteiger partial charge in [0.25, 0.3) is 5.91 Å². The predicted octanol–water partition coefficient (Wildman–Crippen LogP) is 2.69. The highest BCUT2D eigenvalue weighted by Crippen LogP contribution is 2.28. The second-order valence-corrected chi connectivity index (χ2v) is 7.08. The molecule has 1 aliphatic heterocycles. The molecule has 7 heteroatoms. The van der Waals surface area contributed by atoms with E-state index < -0.39 is 0 Å². The Bertz CT molecular complexity index is 900. The van der Waals surface area contributed by atoms with Crippen LogP contribution in [0.3, 0.4) is 0 Å². The summed E-state index contributed by atoms with van der Waals surface area (Å²) in [6.07, 6.45) is 0. The maximum Gasteiger partial charge on any atom is 0.251 e. The number of hydrogen-bond acceptors (Lipinski definition) is 5. The van der Waals surface area contributed by atoms with E-state index in [0.29, 0.717) is 43.4 Å². The van der Waals surface area contributed by atoms with Gasteiger partial charge in [-0.15, -0.1) is 0 Å². The Morgan fingerprint density at radius 2 is 1.73 bits per heavy atom. The molecule has 0 aromatic heterocycles. The number of hydrogen-bond donors (Lipinski definition) is 1. The molecule has 1 heterocycles. The number of nitrogens with zero attached hydrogens (tertiary/aromatic N) is 2. The number of rotatable bonds is 7. The fraction of sp³-hybridized carbons (Fsp3) is 0.391. The SMILES string of the molecule is CCOc1ccc(C(=O)NCC(=O)N2CCN(C)c3ccccc3C2)cc1OCC. The van der Waals surface area contributed by atoms with Crippen LogP contribution in [0.25, 0.3) is 0 Å². The Balaban J connectivity index is 1.63. The quantitative estimate of drug-likeness (QED) is 0.759. The van der Waals surface area contributed by atoms with Crippen molar-refractivity contribution in [2.75, 3.05) is 44.8 Å². The van der Waals surface area contributed by atoms with E-state index in [1.54, 1.807) is 23.1 Å². The third-order valence-corrected chi connectivity index (χ3v) is 5.03. The molecule has 160 valence electrons. The molecule has 30 heavy (non-hydrogen) atoms. The van der Waals surface area contributed by atoms with E-state index in [4.69, 9.17) is 9.47 Å². The van der Waals surface area contributed by atoms with Gasteiger partial charge < -0.3 is 24.6 Å². The molecule has 3 rings (SSSR count). The summed E-state index contributed by atoms with van der Waals surface area (Å²) in [5, 5.41) is 2.73. The molecule has 0 saturated carbocycles. The molecule has 0 spiro atoms. The summed E-state index contributed by atoms with van der Waals surface area (Å²) >= 11 is 0. The van der Waals surface area contributed by atoms with E-state index in [0.717, 1.165) is 17.8 Å². The molecule has 2 aromatic rings. The van der Waals surface area contributed by atoms with Crippen LogP contribution in [0.5, 0.6) is 11.5 Å². The van der Waals surface area contributed by atoms with Crippen molar-refractivity contribution in [1.82, 2.24) is 10.2 Å². The lowest BCUT2D eigenvalue weighted by Crippen LogP contribution is -2.41. The highest BCUT2D eigenvalue weighted by Gasteiger charge is 2.21. The van der Waals surface area contributed by atoms with Gasteiger partial charge in [0.1, 0.15) is 0 Å². The van der Waals surface area contributed by atoms with Crippen molar-refractivity contribution in [3.63, 3.8) is 0 Å². The average molecular weight is 412 g/mol. The summed E-state index contributed by atoms with van der Waals surface area (Å²) in [7, 11) is 2.02. The lowest BCUT2D eigenvalue weighted by molar-refractivity contribution is -0.130. The number of carbonyl (C=O) groups is 2. The summed E-state index contributed by atoms with van der Waals surface area (Å²) < 4.78 is 11.1. The van der Waals surface area contributed by atoms with Gasteiger partial charge in [-0.3, -0.25) is 9.59 Å². The lowest BCUT2D eigenvalue weighted by atomic mass is 10.1. The van der Waals surface area contributed by atoms with Crippen LogP contribution >= 0.6 is 0 Å². The first kappa shape index (κ1) is 21.5. The molecular formula is C23H29N3O4. The minimum Gasteiger partial charge on any atom is -0.490 e. The molecule has 0 bridgehead atoms. The Morgan fingerprint density at radius 3 is 2.50 bits per heavy atom. The van der Waals surface area contributed by atoms with Crippen LogP contribution in [0, 0.1) is 0 Å². The van der Waals surface area contributed by atoms with Crippen LogP contribution in [-0.4, -0.2) is 56.6 Å². The van der Waals surface area contributed by atoms with E-state index in [1.807, 2.05) is 39.1 Å². The van der Waals surface area contributed by atoms with Gasteiger partial charge in [0.05, 0.1) is 19.8 Å². The Kier molecular flexibility index (Phi) is 7.17. The maximum atomic E-state index is 12.8. The molecule has 2 aromatic carbocycles. The first-order chi connectivity index (χ1) is 14.5. The molecule has 2 amide bonds. The fourth-order valence-electron chi connectivity index (χ4n) is 3.47. The third-order valence-electron chi connectivity index (χ3n) is 5.03. The topological polar surface area (TPSA) is 71.1 Å². The zero-order valence-corrected chi connectivity index (χ0v) is 17.8. The number of likely N-dealkylation sites (N-methyl/N-ethyl adjacent to an activating group) is 1. The van der Waals surface area contributed by atoms with Crippen molar-refractivity contribution >= 4 is 17.5 Å². The van der Waals surface area contributed by atoms with Gasteiger partial charge in [-0.25, -0.2) is 0 Å². The number of amides is 2. The number of carbonyl (C=O) groups excluding carboxylic acids is 2. The molecule has 1 aliphatic rings. The number of fused-ring (bicyclic) bond motifs is 1. The van der Waals surface area contributed by atoms with Gasteiger partial charge in [-0.05, 0) is 43.7 Å².